The van der Waals surface area contributed by atoms with E-state index >= 15 is 0 Å². The number of carboxylic acid groups (broad SMARTS) is 3. The van der Waals surface area contributed by atoms with Crippen LogP contribution in [0.4, 0.5) is 0 Å². The van der Waals surface area contributed by atoms with Crippen molar-refractivity contribution in [3.63, 3.8) is 0 Å². The first-order chi connectivity index (χ1) is 36.3. The number of allylic oxidation sites excluding steroid dienone is 12. The normalized spacial score (nSPS) is 40.2. The molecule has 19 atom stereocenters. The van der Waals surface area contributed by atoms with Crippen LogP contribution in [0.25, 0.3) is 0 Å². The summed E-state index contributed by atoms with van der Waals surface area (Å²) in [5.74, 6) is -9.32. The Morgan fingerprint density at radius 3 is 1.71 bits per heavy atom. The maximum Gasteiger partial charge on any atom is 0.311 e. The highest BCUT2D eigenvalue weighted by Gasteiger charge is 2.51. The second kappa shape index (κ2) is 33.8. The van der Waals surface area contributed by atoms with Gasteiger partial charge < -0.3 is 85.3 Å². The highest BCUT2D eigenvalue weighted by Crippen LogP contribution is 2.38. The highest BCUT2D eigenvalue weighted by molar-refractivity contribution is 5.72. The molecule has 0 radical (unpaired) electrons. The number of hydrogen-bond acceptors (Lipinski definition) is 19. The van der Waals surface area contributed by atoms with Crippen molar-refractivity contribution >= 4 is 23.9 Å². The van der Waals surface area contributed by atoms with E-state index in [0.717, 1.165) is 0 Å². The molecule has 2 saturated heterocycles. The van der Waals surface area contributed by atoms with Crippen LogP contribution in [0.5, 0.6) is 0 Å². The topological polar surface area (TPSA) is 371 Å². The number of carbonyl (C=O) groups is 4. The molecule has 3 aliphatic rings. The molecule has 2 bridgehead atoms. The minimum Gasteiger partial charge on any atom is -0.481 e. The number of aliphatic hydroxyl groups excluding tert-OH is 9. The van der Waals surface area contributed by atoms with Gasteiger partial charge in [-0.1, -0.05) is 98.9 Å². The lowest BCUT2D eigenvalue weighted by Gasteiger charge is -2.47. The Morgan fingerprint density at radius 2 is 1.17 bits per heavy atom. The molecule has 77 heavy (non-hydrogen) atoms. The summed E-state index contributed by atoms with van der Waals surface area (Å²) in [7, 11) is 0. The molecule has 436 valence electrons. The van der Waals surface area contributed by atoms with Crippen LogP contribution in [-0.4, -0.2) is 206 Å². The maximum atomic E-state index is 12.7. The Bertz CT molecular complexity index is 2000. The number of cyclic esters (lactones) is 1. The van der Waals surface area contributed by atoms with Gasteiger partial charge in [0.1, 0.15) is 18.1 Å². The van der Waals surface area contributed by atoms with E-state index in [2.05, 4.69) is 0 Å². The van der Waals surface area contributed by atoms with E-state index in [0.29, 0.717) is 0 Å². The molecule has 3 rings (SSSR count). The van der Waals surface area contributed by atoms with E-state index < -0.39 is 165 Å². The molecular weight excluding hydrogens is 1010 g/mol. The standard InChI is InChI=1S/C55H85NO21/c1-33-19-15-13-11-9-7-5-6-8-10-12-14-16-20-40(76-54-52(70)49(51(69)36(4)75-54)56(25-17-21-45(63)64)26-18-22-46(65)66)30-44-48(53(71)72)43(62)32-55(73,77-44)31-39(59)28-42(61)41(60)24-23-37(57)27-38(58)29-47(67)74-35(3)34(2)50(33)68/h5-16,19-20,33-44,48-52,54,57-62,68-70,73H,17-18,21-32H2,1-4H3,(H,63,64)(H,65,66)(H,71,72)/b6-5+,9-7+,10-8+,13-11+,14-12+,19-15+,20-16+/t33-,34-,35-,36+,37?,38?,39?,40?,41?,42?,43-,44?,48?,49-,50?,51?,52-,54-,55?/m0/s1. The second-order valence-corrected chi connectivity index (χ2v) is 20.5. The molecule has 0 aromatic carbocycles. The van der Waals surface area contributed by atoms with E-state index in [-0.39, 0.29) is 64.0 Å². The van der Waals surface area contributed by atoms with Crippen molar-refractivity contribution in [3.05, 3.63) is 85.1 Å². The highest BCUT2D eigenvalue weighted by atomic mass is 16.7. The van der Waals surface area contributed by atoms with Crippen LogP contribution in [0.1, 0.15) is 105 Å². The fourth-order valence-corrected chi connectivity index (χ4v) is 9.62. The molecule has 3 heterocycles. The van der Waals surface area contributed by atoms with Crippen LogP contribution in [-0.2, 0) is 38.1 Å². The number of hydrogen-bond donors (Lipinski definition) is 13. The quantitative estimate of drug-likeness (QED) is 0.124. The molecule has 0 aliphatic carbocycles. The molecule has 22 nitrogen and oxygen atoms in total. The van der Waals surface area contributed by atoms with Gasteiger partial charge in [-0.2, -0.15) is 0 Å². The molecule has 2 fully saturated rings. The van der Waals surface area contributed by atoms with Gasteiger partial charge in [-0.15, -0.1) is 0 Å². The Balaban J connectivity index is 1.97. The van der Waals surface area contributed by atoms with Crippen LogP contribution in [0, 0.1) is 17.8 Å². The maximum absolute atomic E-state index is 12.7. The van der Waals surface area contributed by atoms with E-state index in [1.165, 1.54) is 19.1 Å². The summed E-state index contributed by atoms with van der Waals surface area (Å²) >= 11 is 0. The average Bonchev–Trinajstić information content (AvgIpc) is 3.33. The van der Waals surface area contributed by atoms with Crippen LogP contribution in [0.3, 0.4) is 0 Å². The van der Waals surface area contributed by atoms with Gasteiger partial charge in [0.15, 0.2) is 12.1 Å². The lowest BCUT2D eigenvalue weighted by molar-refractivity contribution is -0.312. The average molecular weight is 1100 g/mol. The van der Waals surface area contributed by atoms with Crippen LogP contribution >= 0.6 is 0 Å². The molecule has 22 heteroatoms. The number of carboxylic acids is 3. The number of aliphatic carboxylic acids is 3. The predicted octanol–water partition coefficient (Wildman–Crippen LogP) is 1.78. The molecule has 0 aromatic heterocycles. The SMILES string of the molecule is C[C@@H]1OC(=O)CC(O)CC(O)CCC(O)C(O)CC(O)CC2(O)C[C@H](O)C(C(=O)O)C(CC(O[C@@H]3O[C@H](C)C(O)[C@H](N(CCCC(=O)O)CCCC(=O)O)[C@@H]3O)/C=C/C=C/C=C/C=C/C=C/C=C/C=C/[C@H](C)C(O)[C@H]1C)O2. The molecule has 0 amide bonds. The third kappa shape index (κ3) is 23.8. The van der Waals surface area contributed by atoms with Crippen molar-refractivity contribution in [2.75, 3.05) is 13.1 Å². The first-order valence-corrected chi connectivity index (χ1v) is 26.4. The number of carbonyl (C=O) groups excluding carboxylic acids is 1. The van der Waals surface area contributed by atoms with Crippen LogP contribution < -0.4 is 0 Å². The van der Waals surface area contributed by atoms with Crippen molar-refractivity contribution in [2.24, 2.45) is 17.8 Å². The largest absolute Gasteiger partial charge is 0.481 e. The summed E-state index contributed by atoms with van der Waals surface area (Å²) in [6.07, 6.45) is 1.06. The Kier molecular flexibility index (Phi) is 29.3. The number of aliphatic hydroxyl groups is 10. The summed E-state index contributed by atoms with van der Waals surface area (Å²) in [6.45, 7) is 6.76. The third-order valence-corrected chi connectivity index (χ3v) is 14.0. The number of esters is 1. The third-order valence-electron chi connectivity index (χ3n) is 14.0. The van der Waals surface area contributed by atoms with Crippen molar-refractivity contribution in [2.45, 2.75) is 202 Å². The van der Waals surface area contributed by atoms with E-state index in [4.69, 9.17) is 18.9 Å². The van der Waals surface area contributed by atoms with Crippen molar-refractivity contribution in [1.82, 2.24) is 4.90 Å². The monoisotopic (exact) mass is 1100 g/mol. The number of nitrogens with zero attached hydrogens (tertiary/aromatic N) is 1. The zero-order chi connectivity index (χ0) is 57.4. The molecule has 3 aliphatic heterocycles. The van der Waals surface area contributed by atoms with Gasteiger partial charge in [0.05, 0.1) is 79.6 Å². The number of ether oxygens (including phenoxy) is 4. The van der Waals surface area contributed by atoms with Gasteiger partial charge in [-0.05, 0) is 59.0 Å². The van der Waals surface area contributed by atoms with E-state index in [9.17, 15) is 85.6 Å². The predicted molar refractivity (Wildman–Crippen MR) is 278 cm³/mol. The first-order valence-electron chi connectivity index (χ1n) is 26.4. The van der Waals surface area contributed by atoms with Crippen LogP contribution in [0.2, 0.25) is 0 Å². The van der Waals surface area contributed by atoms with E-state index in [1.54, 1.807) is 91.7 Å². The smallest absolute Gasteiger partial charge is 0.311 e. The summed E-state index contributed by atoms with van der Waals surface area (Å²) in [4.78, 5) is 49.8. The summed E-state index contributed by atoms with van der Waals surface area (Å²) in [5.41, 5.74) is 0. The number of fused-ring (bicyclic) bond motifs is 2. The van der Waals surface area contributed by atoms with Gasteiger partial charge in [0, 0.05) is 50.4 Å². The van der Waals surface area contributed by atoms with Crippen molar-refractivity contribution in [3.8, 4) is 0 Å². The molecule has 0 saturated carbocycles. The fourth-order valence-electron chi connectivity index (χ4n) is 9.62. The Hall–Kier alpha value is -4.50. The van der Waals surface area contributed by atoms with Crippen molar-refractivity contribution in [1.29, 1.82) is 0 Å². The molecule has 11 unspecified atom stereocenters. The summed E-state index contributed by atoms with van der Waals surface area (Å²) < 4.78 is 23.8. The van der Waals surface area contributed by atoms with Gasteiger partial charge in [0.25, 0.3) is 0 Å². The molecule has 13 N–H and O–H groups in total. The number of rotatable bonds is 12. The van der Waals surface area contributed by atoms with Crippen molar-refractivity contribution < 1.29 is 105 Å². The van der Waals surface area contributed by atoms with Gasteiger partial charge in [-0.25, -0.2) is 0 Å². The minimum atomic E-state index is -2.41. The summed E-state index contributed by atoms with van der Waals surface area (Å²) in [6, 6.07) is -1.16. The van der Waals surface area contributed by atoms with Gasteiger partial charge in [-0.3, -0.25) is 24.1 Å². The second-order valence-electron chi connectivity index (χ2n) is 20.5. The van der Waals surface area contributed by atoms with Gasteiger partial charge >= 0.3 is 23.9 Å². The zero-order valence-corrected chi connectivity index (χ0v) is 44.4. The zero-order valence-electron chi connectivity index (χ0n) is 44.4. The van der Waals surface area contributed by atoms with Gasteiger partial charge in [0.2, 0.25) is 0 Å². The molecular formula is C55H85NO21. The lowest BCUT2D eigenvalue weighted by atomic mass is 9.82. The lowest BCUT2D eigenvalue weighted by Crippen LogP contribution is -2.64. The molecule has 0 aromatic rings. The van der Waals surface area contributed by atoms with Crippen LogP contribution in [0.15, 0.2) is 85.1 Å². The Labute approximate surface area is 450 Å². The first kappa shape index (κ1) is 66.8. The minimum absolute atomic E-state index is 0.0416. The molecule has 0 spiro atoms. The van der Waals surface area contributed by atoms with E-state index in [1.807, 2.05) is 6.92 Å². The summed E-state index contributed by atoms with van der Waals surface area (Å²) in [5, 5.41) is 140. The Morgan fingerprint density at radius 1 is 0.623 bits per heavy atom. The fraction of sp³-hybridized carbons (Fsp3) is 0.673.